The Balaban J connectivity index is 2.42. The van der Waals surface area contributed by atoms with Gasteiger partial charge in [0.05, 0.1) is 17.0 Å². The Hall–Kier alpha value is -0.340. The van der Waals surface area contributed by atoms with Crippen LogP contribution < -0.4 is 10.1 Å². The first-order chi connectivity index (χ1) is 8.96. The maximum Gasteiger partial charge on any atom is 0.244 e. The van der Waals surface area contributed by atoms with Crippen LogP contribution in [0.15, 0.2) is 21.5 Å². The van der Waals surface area contributed by atoms with E-state index < -0.39 is 10.0 Å². The summed E-state index contributed by atoms with van der Waals surface area (Å²) >= 11 is 9.27. The smallest absolute Gasteiger partial charge is 0.244 e. The van der Waals surface area contributed by atoms with Crippen LogP contribution in [0.2, 0.25) is 5.02 Å². The van der Waals surface area contributed by atoms with Crippen molar-refractivity contribution in [3.63, 3.8) is 0 Å². The van der Waals surface area contributed by atoms with E-state index in [2.05, 4.69) is 21.2 Å². The van der Waals surface area contributed by atoms with Gasteiger partial charge in [-0.15, -0.1) is 0 Å². The average molecular weight is 370 g/mol. The van der Waals surface area contributed by atoms with Crippen molar-refractivity contribution < 1.29 is 13.2 Å². The van der Waals surface area contributed by atoms with Gasteiger partial charge in [0, 0.05) is 30.7 Å². The quantitative estimate of drug-likeness (QED) is 0.881. The highest BCUT2D eigenvalue weighted by atomic mass is 79.9. The van der Waals surface area contributed by atoms with E-state index in [9.17, 15) is 8.42 Å². The summed E-state index contributed by atoms with van der Waals surface area (Å²) in [7, 11) is -2.05. The van der Waals surface area contributed by atoms with Gasteiger partial charge in [-0.3, -0.25) is 0 Å². The number of halogens is 2. The molecule has 1 heterocycles. The summed E-state index contributed by atoms with van der Waals surface area (Å²) in [6.07, 6.45) is 0. The van der Waals surface area contributed by atoms with Gasteiger partial charge < -0.3 is 10.1 Å². The van der Waals surface area contributed by atoms with Gasteiger partial charge in [0.2, 0.25) is 10.0 Å². The highest BCUT2D eigenvalue weighted by Gasteiger charge is 2.28. The number of hydrogen-bond donors (Lipinski definition) is 1. The Morgan fingerprint density at radius 3 is 2.58 bits per heavy atom. The van der Waals surface area contributed by atoms with E-state index in [1.54, 1.807) is 6.07 Å². The number of rotatable bonds is 3. The molecule has 2 rings (SSSR count). The minimum absolute atomic E-state index is 0.167. The number of nitrogens with zero attached hydrogens (tertiary/aromatic N) is 1. The summed E-state index contributed by atoms with van der Waals surface area (Å²) in [5, 5.41) is 3.40. The van der Waals surface area contributed by atoms with Crippen LogP contribution in [0.1, 0.15) is 0 Å². The van der Waals surface area contributed by atoms with Crippen molar-refractivity contribution >= 4 is 37.6 Å². The third kappa shape index (κ3) is 3.05. The van der Waals surface area contributed by atoms with Crippen LogP contribution in [-0.2, 0) is 10.0 Å². The number of nitrogens with one attached hydrogen (secondary N) is 1. The zero-order valence-electron chi connectivity index (χ0n) is 10.3. The molecular weight excluding hydrogens is 356 g/mol. The van der Waals surface area contributed by atoms with Gasteiger partial charge >= 0.3 is 0 Å². The molecule has 0 saturated carbocycles. The minimum atomic E-state index is -3.53. The Kier molecular flexibility index (Phi) is 4.73. The first-order valence-corrected chi connectivity index (χ1v) is 8.32. The fraction of sp³-hybridized carbons (Fsp3) is 0.455. The summed E-state index contributed by atoms with van der Waals surface area (Å²) < 4.78 is 32.0. The van der Waals surface area contributed by atoms with Crippen molar-refractivity contribution in [2.75, 3.05) is 33.3 Å². The minimum Gasteiger partial charge on any atom is -0.495 e. The van der Waals surface area contributed by atoms with Crippen molar-refractivity contribution in [2.45, 2.75) is 4.90 Å². The number of benzene rings is 1. The van der Waals surface area contributed by atoms with Gasteiger partial charge in [-0.25, -0.2) is 8.42 Å². The molecule has 19 heavy (non-hydrogen) atoms. The molecule has 0 atom stereocenters. The zero-order valence-corrected chi connectivity index (χ0v) is 13.5. The van der Waals surface area contributed by atoms with Crippen LogP contribution in [0.4, 0.5) is 0 Å². The Morgan fingerprint density at radius 2 is 2.00 bits per heavy atom. The van der Waals surface area contributed by atoms with Crippen LogP contribution in [0.25, 0.3) is 0 Å². The lowest BCUT2D eigenvalue weighted by molar-refractivity contribution is 0.360. The van der Waals surface area contributed by atoms with Gasteiger partial charge in [0.15, 0.2) is 0 Å². The number of piperazine rings is 1. The lowest BCUT2D eigenvalue weighted by Gasteiger charge is -2.27. The maximum atomic E-state index is 12.5. The summed E-state index contributed by atoms with van der Waals surface area (Å²) in [6.45, 7) is 2.22. The third-order valence-electron chi connectivity index (χ3n) is 2.90. The highest BCUT2D eigenvalue weighted by molar-refractivity contribution is 9.10. The summed E-state index contributed by atoms with van der Waals surface area (Å²) in [6, 6.07) is 2.99. The van der Waals surface area contributed by atoms with E-state index in [1.165, 1.54) is 17.5 Å². The molecule has 0 bridgehead atoms. The molecule has 0 aromatic heterocycles. The molecule has 0 unspecified atom stereocenters. The molecule has 1 aliphatic heterocycles. The standard InChI is InChI=1S/C11H14BrClN2O3S/c1-18-10-6-8(12)11(7-9(10)13)19(16,17)15-4-2-14-3-5-15/h6-7,14H,2-5H2,1H3. The van der Waals surface area contributed by atoms with E-state index in [4.69, 9.17) is 16.3 Å². The van der Waals surface area contributed by atoms with Gasteiger partial charge in [-0.05, 0) is 28.1 Å². The molecule has 1 aromatic rings. The lowest BCUT2D eigenvalue weighted by atomic mass is 10.3. The van der Waals surface area contributed by atoms with Gasteiger partial charge in [0.25, 0.3) is 0 Å². The summed E-state index contributed by atoms with van der Waals surface area (Å²) in [4.78, 5) is 0.167. The molecular formula is C11H14BrClN2O3S. The number of ether oxygens (including phenoxy) is 1. The monoisotopic (exact) mass is 368 g/mol. The molecule has 0 radical (unpaired) electrons. The Labute approximate surface area is 126 Å². The fourth-order valence-corrected chi connectivity index (χ4v) is 4.64. The van der Waals surface area contributed by atoms with E-state index in [1.807, 2.05) is 0 Å². The zero-order chi connectivity index (χ0) is 14.0. The van der Waals surface area contributed by atoms with Crippen LogP contribution in [-0.4, -0.2) is 46.0 Å². The predicted molar refractivity (Wildman–Crippen MR) is 77.3 cm³/mol. The van der Waals surface area contributed by atoms with Crippen LogP contribution >= 0.6 is 27.5 Å². The molecule has 1 aliphatic rings. The third-order valence-corrected chi connectivity index (χ3v) is 6.05. The molecule has 0 aliphatic carbocycles. The van der Waals surface area contributed by atoms with Crippen LogP contribution in [0, 0.1) is 0 Å². The molecule has 5 nitrogen and oxygen atoms in total. The average Bonchev–Trinajstić information content (AvgIpc) is 2.41. The van der Waals surface area contributed by atoms with E-state index in [0.717, 1.165) is 0 Å². The second-order valence-corrected chi connectivity index (χ2v) is 7.24. The summed E-state index contributed by atoms with van der Waals surface area (Å²) in [5.74, 6) is 0.438. The SMILES string of the molecule is COc1cc(Br)c(S(=O)(=O)N2CCNCC2)cc1Cl. The second kappa shape index (κ2) is 5.97. The molecule has 1 fully saturated rings. The highest BCUT2D eigenvalue weighted by Crippen LogP contribution is 2.34. The molecule has 0 spiro atoms. The molecule has 106 valence electrons. The molecule has 1 N–H and O–H groups in total. The second-order valence-electron chi connectivity index (χ2n) is 4.07. The van der Waals surface area contributed by atoms with Crippen molar-refractivity contribution in [1.82, 2.24) is 9.62 Å². The van der Waals surface area contributed by atoms with Gasteiger partial charge in [0.1, 0.15) is 5.75 Å². The Bertz CT molecular complexity index is 574. The van der Waals surface area contributed by atoms with E-state index in [0.29, 0.717) is 36.4 Å². The van der Waals surface area contributed by atoms with E-state index in [-0.39, 0.29) is 9.92 Å². The van der Waals surface area contributed by atoms with Gasteiger partial charge in [-0.1, -0.05) is 11.6 Å². The van der Waals surface area contributed by atoms with Crippen LogP contribution in [0.3, 0.4) is 0 Å². The molecule has 0 amide bonds. The topological polar surface area (TPSA) is 58.6 Å². The predicted octanol–water partition coefficient (Wildman–Crippen LogP) is 1.70. The maximum absolute atomic E-state index is 12.5. The number of methoxy groups -OCH3 is 1. The molecule has 1 saturated heterocycles. The van der Waals surface area contributed by atoms with Crippen molar-refractivity contribution in [1.29, 1.82) is 0 Å². The van der Waals surface area contributed by atoms with Crippen molar-refractivity contribution in [3.05, 3.63) is 21.6 Å². The van der Waals surface area contributed by atoms with Crippen molar-refractivity contribution in [2.24, 2.45) is 0 Å². The first kappa shape index (κ1) is 15.1. The molecule has 8 heteroatoms. The Morgan fingerprint density at radius 1 is 1.37 bits per heavy atom. The number of hydrogen-bond acceptors (Lipinski definition) is 4. The summed E-state index contributed by atoms with van der Waals surface area (Å²) in [5.41, 5.74) is 0. The fourth-order valence-electron chi connectivity index (χ4n) is 1.89. The first-order valence-electron chi connectivity index (χ1n) is 5.70. The normalized spacial score (nSPS) is 17.4. The van der Waals surface area contributed by atoms with Crippen molar-refractivity contribution in [3.8, 4) is 5.75 Å². The van der Waals surface area contributed by atoms with Gasteiger partial charge in [-0.2, -0.15) is 4.31 Å². The number of sulfonamides is 1. The van der Waals surface area contributed by atoms with E-state index >= 15 is 0 Å². The molecule has 1 aromatic carbocycles. The van der Waals surface area contributed by atoms with Crippen LogP contribution in [0.5, 0.6) is 5.75 Å². The lowest BCUT2D eigenvalue weighted by Crippen LogP contribution is -2.46. The largest absolute Gasteiger partial charge is 0.495 e.